The molecule has 1 rings (SSSR count). The van der Waals surface area contributed by atoms with E-state index in [4.69, 9.17) is 0 Å². The molecular weight excluding hydrogens is 250 g/mol. The minimum absolute atomic E-state index is 0.0552. The molecule has 1 aromatic rings. The van der Waals surface area contributed by atoms with Crippen LogP contribution < -0.4 is 5.32 Å². The van der Waals surface area contributed by atoms with Crippen LogP contribution in [-0.4, -0.2) is 11.7 Å². The van der Waals surface area contributed by atoms with Gasteiger partial charge in [0.25, 0.3) is 0 Å². The Morgan fingerprint density at radius 3 is 2.60 bits per heavy atom. The second kappa shape index (κ2) is 8.51. The second-order valence-electron chi connectivity index (χ2n) is 5.47. The molecule has 0 aliphatic carbocycles. The van der Waals surface area contributed by atoms with Crippen LogP contribution in [0.4, 0.5) is 5.69 Å². The Bertz CT molecular complexity index is 452. The monoisotopic (exact) mass is 275 g/mol. The van der Waals surface area contributed by atoms with Gasteiger partial charge in [0.05, 0.1) is 0 Å². The number of carbonyl (C=O) groups is 2. The van der Waals surface area contributed by atoms with Gasteiger partial charge in [-0.05, 0) is 37.0 Å². The van der Waals surface area contributed by atoms with E-state index in [0.29, 0.717) is 18.6 Å². The van der Waals surface area contributed by atoms with Gasteiger partial charge in [0.1, 0.15) is 5.78 Å². The number of Topliss-reactive ketones (excluding diaryl/α,β-unsaturated/α-hetero) is 1. The van der Waals surface area contributed by atoms with Gasteiger partial charge in [-0.2, -0.15) is 0 Å². The van der Waals surface area contributed by atoms with E-state index in [1.165, 1.54) is 0 Å². The fourth-order valence-corrected chi connectivity index (χ4v) is 2.01. The van der Waals surface area contributed by atoms with E-state index in [0.717, 1.165) is 30.5 Å². The molecule has 3 nitrogen and oxygen atoms in total. The molecule has 0 bridgehead atoms. The number of rotatable bonds is 8. The summed E-state index contributed by atoms with van der Waals surface area (Å²) in [5.41, 5.74) is 2.01. The molecule has 0 saturated heterocycles. The van der Waals surface area contributed by atoms with Crippen molar-refractivity contribution in [1.82, 2.24) is 0 Å². The number of nitrogens with one attached hydrogen (secondary N) is 1. The van der Waals surface area contributed by atoms with Crippen LogP contribution in [0.2, 0.25) is 0 Å². The SMILES string of the molecule is CCCC(=O)Nc1cccc(CCCC(=O)C(C)C)c1. The van der Waals surface area contributed by atoms with Gasteiger partial charge in [0.2, 0.25) is 5.91 Å². The van der Waals surface area contributed by atoms with Gasteiger partial charge in [-0.3, -0.25) is 9.59 Å². The Kier molecular flexibility index (Phi) is 6.99. The van der Waals surface area contributed by atoms with Gasteiger partial charge in [-0.15, -0.1) is 0 Å². The van der Waals surface area contributed by atoms with E-state index < -0.39 is 0 Å². The Labute approximate surface area is 121 Å². The van der Waals surface area contributed by atoms with E-state index in [1.54, 1.807) is 0 Å². The standard InChI is InChI=1S/C17H25NO2/c1-4-7-17(20)18-15-10-5-8-14(12-15)9-6-11-16(19)13(2)3/h5,8,10,12-13H,4,6-7,9,11H2,1-3H3,(H,18,20). The zero-order valence-corrected chi connectivity index (χ0v) is 12.7. The van der Waals surface area contributed by atoms with Crippen molar-refractivity contribution in [3.8, 4) is 0 Å². The summed E-state index contributed by atoms with van der Waals surface area (Å²) in [6, 6.07) is 7.88. The molecule has 0 aliphatic heterocycles. The molecule has 3 heteroatoms. The topological polar surface area (TPSA) is 46.2 Å². The van der Waals surface area contributed by atoms with Crippen molar-refractivity contribution in [1.29, 1.82) is 0 Å². The summed E-state index contributed by atoms with van der Waals surface area (Å²) >= 11 is 0. The molecule has 1 aromatic carbocycles. The van der Waals surface area contributed by atoms with Crippen molar-refractivity contribution >= 4 is 17.4 Å². The van der Waals surface area contributed by atoms with Crippen molar-refractivity contribution in [2.75, 3.05) is 5.32 Å². The Balaban J connectivity index is 2.47. The normalized spacial score (nSPS) is 10.6. The minimum Gasteiger partial charge on any atom is -0.326 e. The lowest BCUT2D eigenvalue weighted by molar-refractivity contribution is -0.122. The van der Waals surface area contributed by atoms with E-state index in [-0.39, 0.29) is 11.8 Å². The highest BCUT2D eigenvalue weighted by Gasteiger charge is 2.07. The second-order valence-corrected chi connectivity index (χ2v) is 5.47. The van der Waals surface area contributed by atoms with E-state index in [9.17, 15) is 9.59 Å². The van der Waals surface area contributed by atoms with Gasteiger partial charge in [0.15, 0.2) is 0 Å². The first kappa shape index (κ1) is 16.4. The van der Waals surface area contributed by atoms with Crippen LogP contribution >= 0.6 is 0 Å². The van der Waals surface area contributed by atoms with Crippen molar-refractivity contribution in [3.63, 3.8) is 0 Å². The zero-order chi connectivity index (χ0) is 15.0. The summed E-state index contributed by atoms with van der Waals surface area (Å²) in [6.45, 7) is 5.86. The molecule has 0 aromatic heterocycles. The first-order valence-corrected chi connectivity index (χ1v) is 7.44. The van der Waals surface area contributed by atoms with Crippen molar-refractivity contribution in [2.45, 2.75) is 52.9 Å². The van der Waals surface area contributed by atoms with Crippen molar-refractivity contribution in [3.05, 3.63) is 29.8 Å². The highest BCUT2D eigenvalue weighted by Crippen LogP contribution is 2.14. The number of benzene rings is 1. The van der Waals surface area contributed by atoms with Gasteiger partial charge >= 0.3 is 0 Å². The lowest BCUT2D eigenvalue weighted by Crippen LogP contribution is -2.10. The molecule has 0 atom stereocenters. The number of anilines is 1. The van der Waals surface area contributed by atoms with E-state index in [2.05, 4.69) is 5.32 Å². The number of aryl methyl sites for hydroxylation is 1. The van der Waals surface area contributed by atoms with Crippen LogP contribution in [0.15, 0.2) is 24.3 Å². The highest BCUT2D eigenvalue weighted by atomic mass is 16.1. The molecule has 0 aliphatic rings. The average molecular weight is 275 g/mol. The Morgan fingerprint density at radius 1 is 1.20 bits per heavy atom. The summed E-state index contributed by atoms with van der Waals surface area (Å²) in [4.78, 5) is 23.1. The third kappa shape index (κ3) is 6.00. The molecular formula is C17H25NO2. The van der Waals surface area contributed by atoms with Gasteiger partial charge in [-0.1, -0.05) is 32.9 Å². The summed E-state index contributed by atoms with van der Waals surface area (Å²) in [6.07, 6.45) is 3.76. The number of hydrogen-bond donors (Lipinski definition) is 1. The third-order valence-corrected chi connectivity index (χ3v) is 3.22. The molecule has 0 fully saturated rings. The highest BCUT2D eigenvalue weighted by molar-refractivity contribution is 5.90. The third-order valence-electron chi connectivity index (χ3n) is 3.22. The van der Waals surface area contributed by atoms with Gasteiger partial charge < -0.3 is 5.32 Å². The zero-order valence-electron chi connectivity index (χ0n) is 12.7. The maximum absolute atomic E-state index is 11.6. The summed E-state index contributed by atoms with van der Waals surface area (Å²) in [5, 5.41) is 2.89. The molecule has 0 unspecified atom stereocenters. The molecule has 1 amide bonds. The van der Waals surface area contributed by atoms with E-state index >= 15 is 0 Å². The largest absolute Gasteiger partial charge is 0.326 e. The lowest BCUT2D eigenvalue weighted by atomic mass is 10.0. The molecule has 1 N–H and O–H groups in total. The molecule has 0 saturated carbocycles. The molecule has 0 heterocycles. The van der Waals surface area contributed by atoms with Crippen molar-refractivity contribution < 1.29 is 9.59 Å². The van der Waals surface area contributed by atoms with Crippen LogP contribution in [0.1, 0.15) is 52.0 Å². The van der Waals surface area contributed by atoms with Crippen LogP contribution in [0, 0.1) is 5.92 Å². The first-order chi connectivity index (χ1) is 9.52. The lowest BCUT2D eigenvalue weighted by Gasteiger charge is -2.07. The van der Waals surface area contributed by atoms with Crippen molar-refractivity contribution in [2.24, 2.45) is 5.92 Å². The quantitative estimate of drug-likeness (QED) is 0.780. The summed E-state index contributed by atoms with van der Waals surface area (Å²) < 4.78 is 0. The molecule has 0 radical (unpaired) electrons. The molecule has 20 heavy (non-hydrogen) atoms. The van der Waals surface area contributed by atoms with Gasteiger partial charge in [-0.25, -0.2) is 0 Å². The van der Waals surface area contributed by atoms with Crippen LogP contribution in [0.25, 0.3) is 0 Å². The Morgan fingerprint density at radius 2 is 1.95 bits per heavy atom. The Hall–Kier alpha value is -1.64. The number of hydrogen-bond acceptors (Lipinski definition) is 2. The van der Waals surface area contributed by atoms with Crippen LogP contribution in [0.3, 0.4) is 0 Å². The molecule has 110 valence electrons. The number of ketones is 1. The van der Waals surface area contributed by atoms with Crippen LogP contribution in [-0.2, 0) is 16.0 Å². The van der Waals surface area contributed by atoms with Crippen LogP contribution in [0.5, 0.6) is 0 Å². The summed E-state index contributed by atoms with van der Waals surface area (Å²) in [5.74, 6) is 0.492. The maximum atomic E-state index is 11.6. The van der Waals surface area contributed by atoms with E-state index in [1.807, 2.05) is 45.0 Å². The predicted octanol–water partition coefficient (Wildman–Crippen LogP) is 3.97. The predicted molar refractivity (Wildman–Crippen MR) is 82.8 cm³/mol. The maximum Gasteiger partial charge on any atom is 0.224 e. The number of carbonyl (C=O) groups excluding carboxylic acids is 2. The molecule has 0 spiro atoms. The fraction of sp³-hybridized carbons (Fsp3) is 0.529. The minimum atomic E-state index is 0.0552. The smallest absolute Gasteiger partial charge is 0.224 e. The average Bonchev–Trinajstić information content (AvgIpc) is 2.39. The fourth-order valence-electron chi connectivity index (χ4n) is 2.01. The number of amides is 1. The van der Waals surface area contributed by atoms with Gasteiger partial charge in [0, 0.05) is 24.4 Å². The summed E-state index contributed by atoms with van der Waals surface area (Å²) in [7, 11) is 0. The first-order valence-electron chi connectivity index (χ1n) is 7.44.